The molecule has 0 atom stereocenters. The van der Waals surface area contributed by atoms with Crippen molar-refractivity contribution in [2.24, 2.45) is 0 Å². The smallest absolute Gasteiger partial charge is 0.399 e. The summed E-state index contributed by atoms with van der Waals surface area (Å²) in [7, 11) is -0.403. The molecule has 148 valence electrons. The second-order valence-corrected chi connectivity index (χ2v) is 9.49. The monoisotopic (exact) mass is 379 g/mol. The normalized spacial score (nSPS) is 18.2. The molecule has 1 heterocycles. The van der Waals surface area contributed by atoms with Crippen LogP contribution in [0.25, 0.3) is 0 Å². The van der Waals surface area contributed by atoms with E-state index in [9.17, 15) is 4.79 Å². The van der Waals surface area contributed by atoms with E-state index in [0.29, 0.717) is 5.56 Å². The van der Waals surface area contributed by atoms with Crippen LogP contribution in [0.1, 0.15) is 64.4 Å². The third kappa shape index (κ3) is 4.16. The zero-order valence-corrected chi connectivity index (χ0v) is 17.9. The van der Waals surface area contributed by atoms with Crippen molar-refractivity contribution in [3.05, 3.63) is 59.7 Å². The number of hydrogen-bond donors (Lipinski definition) is 1. The number of carbonyl (C=O) groups is 1. The summed E-state index contributed by atoms with van der Waals surface area (Å²) in [5, 5.41) is 2.95. The molecule has 2 aromatic carbocycles. The van der Waals surface area contributed by atoms with E-state index in [1.807, 2.05) is 76.2 Å². The van der Waals surface area contributed by atoms with Crippen LogP contribution in [-0.4, -0.2) is 24.2 Å². The fraction of sp³-hybridized carbons (Fsp3) is 0.435. The average Bonchev–Trinajstić information content (AvgIpc) is 2.82. The van der Waals surface area contributed by atoms with Crippen LogP contribution in [0.3, 0.4) is 0 Å². The molecular formula is C23H30BNO3. The molecule has 5 heteroatoms. The minimum atomic E-state index is -0.403. The standard InChI is InChI=1S/C23H30BNO3/c1-21(2,3)17-10-8-16(9-11-17)20(26)25-19-14-12-18(13-15-19)24-27-22(4,5)23(6,7)28-24/h8-15H,1-7H3,(H,25,26). The van der Waals surface area contributed by atoms with E-state index in [1.165, 1.54) is 5.56 Å². The molecule has 0 saturated carbocycles. The Bertz CT molecular complexity index is 833. The molecule has 0 aliphatic carbocycles. The van der Waals surface area contributed by atoms with E-state index in [2.05, 4.69) is 26.1 Å². The summed E-state index contributed by atoms with van der Waals surface area (Å²) in [5.41, 5.74) is 2.85. The van der Waals surface area contributed by atoms with E-state index >= 15 is 0 Å². The van der Waals surface area contributed by atoms with Gasteiger partial charge in [-0.2, -0.15) is 0 Å². The molecule has 1 N–H and O–H groups in total. The molecular weight excluding hydrogens is 349 g/mol. The van der Waals surface area contributed by atoms with Crippen molar-refractivity contribution >= 4 is 24.2 Å². The van der Waals surface area contributed by atoms with E-state index in [4.69, 9.17) is 9.31 Å². The molecule has 1 fully saturated rings. The fourth-order valence-electron chi connectivity index (χ4n) is 3.03. The number of hydrogen-bond acceptors (Lipinski definition) is 3. The van der Waals surface area contributed by atoms with Crippen molar-refractivity contribution in [2.45, 2.75) is 65.1 Å². The predicted molar refractivity (Wildman–Crippen MR) is 115 cm³/mol. The Morgan fingerprint density at radius 2 is 1.36 bits per heavy atom. The van der Waals surface area contributed by atoms with Gasteiger partial charge >= 0.3 is 7.12 Å². The first kappa shape index (κ1) is 20.6. The quantitative estimate of drug-likeness (QED) is 0.797. The SMILES string of the molecule is CC(C)(C)c1ccc(C(=O)Nc2ccc(B3OC(C)(C)C(C)(C)O3)cc2)cc1. The Balaban J connectivity index is 1.67. The van der Waals surface area contributed by atoms with Crippen LogP contribution in [0, 0.1) is 0 Å². The van der Waals surface area contributed by atoms with E-state index < -0.39 is 7.12 Å². The predicted octanol–water partition coefficient (Wildman–Crippen LogP) is 4.54. The zero-order chi connectivity index (χ0) is 20.7. The number of anilines is 1. The zero-order valence-electron chi connectivity index (χ0n) is 17.9. The Morgan fingerprint density at radius 3 is 1.82 bits per heavy atom. The summed E-state index contributed by atoms with van der Waals surface area (Å²) >= 11 is 0. The Kier molecular flexibility index (Phi) is 5.19. The molecule has 0 unspecified atom stereocenters. The van der Waals surface area contributed by atoms with Crippen LogP contribution >= 0.6 is 0 Å². The van der Waals surface area contributed by atoms with Gasteiger partial charge in [0.15, 0.2) is 0 Å². The highest BCUT2D eigenvalue weighted by Gasteiger charge is 2.51. The van der Waals surface area contributed by atoms with Crippen molar-refractivity contribution in [2.75, 3.05) is 5.32 Å². The van der Waals surface area contributed by atoms with Crippen LogP contribution in [0.5, 0.6) is 0 Å². The van der Waals surface area contributed by atoms with E-state index in [-0.39, 0.29) is 22.5 Å². The van der Waals surface area contributed by atoms with E-state index in [1.54, 1.807) is 0 Å². The van der Waals surface area contributed by atoms with Crippen molar-refractivity contribution in [1.29, 1.82) is 0 Å². The van der Waals surface area contributed by atoms with Gasteiger partial charge in [-0.15, -0.1) is 0 Å². The minimum Gasteiger partial charge on any atom is -0.399 e. The molecule has 28 heavy (non-hydrogen) atoms. The van der Waals surface area contributed by atoms with Crippen LogP contribution in [0.2, 0.25) is 0 Å². The molecule has 0 spiro atoms. The topological polar surface area (TPSA) is 47.6 Å². The molecule has 1 aliphatic rings. The summed E-state index contributed by atoms with van der Waals surface area (Å²) in [5.74, 6) is -0.121. The average molecular weight is 379 g/mol. The molecule has 1 aliphatic heterocycles. The lowest BCUT2D eigenvalue weighted by Gasteiger charge is -2.32. The number of benzene rings is 2. The van der Waals surface area contributed by atoms with Gasteiger partial charge in [0.25, 0.3) is 5.91 Å². The van der Waals surface area contributed by atoms with Crippen molar-refractivity contribution in [3.63, 3.8) is 0 Å². The lowest BCUT2D eigenvalue weighted by molar-refractivity contribution is 0.00578. The summed E-state index contributed by atoms with van der Waals surface area (Å²) in [6.45, 7) is 14.6. The third-order valence-electron chi connectivity index (χ3n) is 5.71. The lowest BCUT2D eigenvalue weighted by atomic mass is 9.79. The summed E-state index contributed by atoms with van der Waals surface area (Å²) in [4.78, 5) is 12.5. The van der Waals surface area contributed by atoms with Gasteiger partial charge in [0.2, 0.25) is 0 Å². The highest BCUT2D eigenvalue weighted by atomic mass is 16.7. The Labute approximate surface area is 168 Å². The molecule has 0 aromatic heterocycles. The molecule has 0 radical (unpaired) electrons. The lowest BCUT2D eigenvalue weighted by Crippen LogP contribution is -2.41. The highest BCUT2D eigenvalue weighted by molar-refractivity contribution is 6.62. The minimum absolute atomic E-state index is 0.0678. The van der Waals surface area contributed by atoms with Gasteiger partial charge in [-0.25, -0.2) is 0 Å². The second kappa shape index (κ2) is 7.05. The fourth-order valence-corrected chi connectivity index (χ4v) is 3.03. The summed E-state index contributed by atoms with van der Waals surface area (Å²) in [6, 6.07) is 15.4. The van der Waals surface area contributed by atoms with Crippen molar-refractivity contribution in [1.82, 2.24) is 0 Å². The largest absolute Gasteiger partial charge is 0.494 e. The first-order chi connectivity index (χ1) is 12.9. The van der Waals surface area contributed by atoms with Gasteiger partial charge < -0.3 is 14.6 Å². The maximum absolute atomic E-state index is 12.5. The molecule has 3 rings (SSSR count). The van der Waals surface area contributed by atoms with Crippen molar-refractivity contribution < 1.29 is 14.1 Å². The molecule has 1 amide bonds. The van der Waals surface area contributed by atoms with Crippen LogP contribution in [-0.2, 0) is 14.7 Å². The molecule has 2 aromatic rings. The number of carbonyl (C=O) groups excluding carboxylic acids is 1. The maximum atomic E-state index is 12.5. The van der Waals surface area contributed by atoms with Crippen LogP contribution < -0.4 is 10.8 Å². The second-order valence-electron chi connectivity index (χ2n) is 9.49. The number of rotatable bonds is 3. The van der Waals surface area contributed by atoms with Gasteiger partial charge in [0.05, 0.1) is 11.2 Å². The van der Waals surface area contributed by atoms with Gasteiger partial charge in [-0.1, -0.05) is 45.0 Å². The van der Waals surface area contributed by atoms with Crippen molar-refractivity contribution in [3.8, 4) is 0 Å². The van der Waals surface area contributed by atoms with Gasteiger partial charge in [0, 0.05) is 11.3 Å². The van der Waals surface area contributed by atoms with Gasteiger partial charge in [-0.3, -0.25) is 4.79 Å². The Hall–Kier alpha value is -2.11. The molecule has 4 nitrogen and oxygen atoms in total. The van der Waals surface area contributed by atoms with Gasteiger partial charge in [0.1, 0.15) is 0 Å². The molecule has 0 bridgehead atoms. The number of amides is 1. The highest BCUT2D eigenvalue weighted by Crippen LogP contribution is 2.36. The van der Waals surface area contributed by atoms with Crippen LogP contribution in [0.4, 0.5) is 5.69 Å². The first-order valence-electron chi connectivity index (χ1n) is 9.77. The van der Waals surface area contributed by atoms with E-state index in [0.717, 1.165) is 11.2 Å². The maximum Gasteiger partial charge on any atom is 0.494 e. The summed E-state index contributed by atoms with van der Waals surface area (Å²) in [6.07, 6.45) is 0. The Morgan fingerprint density at radius 1 is 0.857 bits per heavy atom. The summed E-state index contributed by atoms with van der Waals surface area (Å²) < 4.78 is 12.1. The van der Waals surface area contributed by atoms with Crippen LogP contribution in [0.15, 0.2) is 48.5 Å². The molecule has 1 saturated heterocycles. The number of nitrogens with one attached hydrogen (secondary N) is 1. The van der Waals surface area contributed by atoms with Gasteiger partial charge in [-0.05, 0) is 68.4 Å². The third-order valence-corrected chi connectivity index (χ3v) is 5.71. The first-order valence-corrected chi connectivity index (χ1v) is 9.77.